The predicted octanol–water partition coefficient (Wildman–Crippen LogP) is 3.48. The number of aromatic nitrogens is 1. The van der Waals surface area contributed by atoms with Gasteiger partial charge >= 0.3 is 0 Å². The van der Waals surface area contributed by atoms with Gasteiger partial charge in [0.15, 0.2) is 5.82 Å². The zero-order valence-corrected chi connectivity index (χ0v) is 15.4. The molecule has 0 saturated heterocycles. The monoisotopic (exact) mass is 339 g/mol. The number of nitrogens with one attached hydrogen (secondary N) is 2. The number of para-hydroxylation sites is 1. The normalized spacial score (nSPS) is 16.5. The highest BCUT2D eigenvalue weighted by atomic mass is 16.2. The molecule has 2 heterocycles. The van der Waals surface area contributed by atoms with Gasteiger partial charge in [-0.05, 0) is 39.0 Å². The number of carbonyl (C=O) groups excluding carboxylic acids is 1. The van der Waals surface area contributed by atoms with Crippen LogP contribution in [0.1, 0.15) is 31.1 Å². The Morgan fingerprint density at radius 2 is 1.96 bits per heavy atom. The number of nitrogens with zero attached hydrogens (tertiary/aromatic N) is 3. The lowest BCUT2D eigenvalue weighted by Gasteiger charge is -2.43. The highest BCUT2D eigenvalue weighted by molar-refractivity contribution is 6.00. The van der Waals surface area contributed by atoms with Crippen LogP contribution in [0.3, 0.4) is 0 Å². The minimum absolute atomic E-state index is 0.0273. The van der Waals surface area contributed by atoms with Gasteiger partial charge in [0.2, 0.25) is 0 Å². The first kappa shape index (κ1) is 17.1. The van der Waals surface area contributed by atoms with Gasteiger partial charge < -0.3 is 20.1 Å². The summed E-state index contributed by atoms with van der Waals surface area (Å²) in [4.78, 5) is 24.0. The zero-order chi connectivity index (χ0) is 18.2. The number of anilines is 2. The summed E-state index contributed by atoms with van der Waals surface area (Å²) in [7, 11) is 3.52. The standard InChI is InChI=1S/C19H25N5O/c1-19(2,3)24-15-10-11-20-17(15)21-12-16(24)22-14-9-7-6-8-13(14)18(25)23(4)5/h6-12,16,20,22H,1-5H3. The van der Waals surface area contributed by atoms with Crippen LogP contribution >= 0.6 is 0 Å². The number of fused-ring (bicyclic) bond motifs is 1. The second-order valence-corrected chi connectivity index (χ2v) is 7.36. The van der Waals surface area contributed by atoms with Gasteiger partial charge in [0.25, 0.3) is 5.91 Å². The molecule has 0 bridgehead atoms. The molecule has 132 valence electrons. The number of benzene rings is 1. The molecule has 1 aromatic heterocycles. The first-order chi connectivity index (χ1) is 11.8. The SMILES string of the molecule is CN(C)C(=O)c1ccccc1NC1C=Nc2[nH]ccc2N1C(C)(C)C. The third-order valence-corrected chi connectivity index (χ3v) is 4.18. The molecule has 0 radical (unpaired) electrons. The lowest BCUT2D eigenvalue weighted by molar-refractivity contribution is 0.0828. The van der Waals surface area contributed by atoms with Crippen molar-refractivity contribution in [3.63, 3.8) is 0 Å². The molecule has 1 aliphatic rings. The van der Waals surface area contributed by atoms with Crippen molar-refractivity contribution in [3.05, 3.63) is 42.1 Å². The van der Waals surface area contributed by atoms with Gasteiger partial charge in [0.05, 0.1) is 11.3 Å². The van der Waals surface area contributed by atoms with E-state index in [2.05, 4.69) is 41.0 Å². The second kappa shape index (κ2) is 6.27. The summed E-state index contributed by atoms with van der Waals surface area (Å²) in [6.45, 7) is 6.48. The van der Waals surface area contributed by atoms with Crippen LogP contribution in [0, 0.1) is 0 Å². The maximum absolute atomic E-state index is 12.5. The van der Waals surface area contributed by atoms with E-state index >= 15 is 0 Å². The van der Waals surface area contributed by atoms with Gasteiger partial charge in [0, 0.05) is 37.7 Å². The van der Waals surface area contributed by atoms with E-state index < -0.39 is 0 Å². The lowest BCUT2D eigenvalue weighted by Crippen LogP contribution is -2.53. The fourth-order valence-electron chi connectivity index (χ4n) is 3.09. The van der Waals surface area contributed by atoms with Gasteiger partial charge in [-0.3, -0.25) is 4.79 Å². The topological polar surface area (TPSA) is 63.7 Å². The minimum atomic E-state index is -0.153. The number of aromatic amines is 1. The van der Waals surface area contributed by atoms with Crippen LogP contribution in [0.5, 0.6) is 0 Å². The van der Waals surface area contributed by atoms with Crippen molar-refractivity contribution in [2.45, 2.75) is 32.5 Å². The van der Waals surface area contributed by atoms with Gasteiger partial charge in [-0.1, -0.05) is 12.1 Å². The average molecular weight is 339 g/mol. The number of hydrogen-bond acceptors (Lipinski definition) is 4. The molecule has 6 heteroatoms. The smallest absolute Gasteiger partial charge is 0.255 e. The fraction of sp³-hybridized carbons (Fsp3) is 0.368. The molecular weight excluding hydrogens is 314 g/mol. The van der Waals surface area contributed by atoms with Crippen LogP contribution in [-0.4, -0.2) is 47.8 Å². The molecule has 1 aromatic carbocycles. The Bertz CT molecular complexity index is 800. The van der Waals surface area contributed by atoms with Crippen LogP contribution in [-0.2, 0) is 0 Å². The molecule has 1 atom stereocenters. The van der Waals surface area contributed by atoms with E-state index in [0.29, 0.717) is 5.56 Å². The van der Waals surface area contributed by atoms with Gasteiger partial charge in [-0.2, -0.15) is 0 Å². The van der Waals surface area contributed by atoms with Crippen molar-refractivity contribution in [2.75, 3.05) is 24.3 Å². The first-order valence-corrected chi connectivity index (χ1v) is 8.37. The number of carbonyl (C=O) groups is 1. The van der Waals surface area contributed by atoms with Crippen LogP contribution in [0.25, 0.3) is 0 Å². The molecule has 0 fully saturated rings. The Balaban J connectivity index is 1.97. The molecule has 0 aliphatic carbocycles. The average Bonchev–Trinajstić information content (AvgIpc) is 3.01. The summed E-state index contributed by atoms with van der Waals surface area (Å²) in [5.41, 5.74) is 2.37. The Morgan fingerprint density at radius 3 is 2.64 bits per heavy atom. The van der Waals surface area contributed by atoms with Crippen molar-refractivity contribution in [3.8, 4) is 0 Å². The second-order valence-electron chi connectivity index (χ2n) is 7.36. The third kappa shape index (κ3) is 3.24. The van der Waals surface area contributed by atoms with E-state index in [-0.39, 0.29) is 17.6 Å². The van der Waals surface area contributed by atoms with E-state index in [0.717, 1.165) is 17.2 Å². The molecule has 1 unspecified atom stereocenters. The van der Waals surface area contributed by atoms with Crippen molar-refractivity contribution in [2.24, 2.45) is 4.99 Å². The molecule has 1 amide bonds. The molecule has 2 aromatic rings. The number of rotatable bonds is 3. The molecule has 3 rings (SSSR count). The van der Waals surface area contributed by atoms with Crippen LogP contribution in [0.2, 0.25) is 0 Å². The zero-order valence-electron chi connectivity index (χ0n) is 15.4. The third-order valence-electron chi connectivity index (χ3n) is 4.18. The summed E-state index contributed by atoms with van der Waals surface area (Å²) in [6.07, 6.45) is 3.62. The van der Waals surface area contributed by atoms with E-state index in [1.807, 2.05) is 42.7 Å². The number of H-pyrrole nitrogens is 1. The number of hydrogen-bond donors (Lipinski definition) is 2. The molecule has 0 saturated carbocycles. The minimum Gasteiger partial charge on any atom is -0.360 e. The maximum atomic E-state index is 12.5. The summed E-state index contributed by atoms with van der Waals surface area (Å²) in [6, 6.07) is 9.61. The van der Waals surface area contributed by atoms with Gasteiger partial charge in [-0.25, -0.2) is 4.99 Å². The summed E-state index contributed by atoms with van der Waals surface area (Å²) in [5.74, 6) is 0.825. The highest BCUT2D eigenvalue weighted by Crippen LogP contribution is 2.37. The lowest BCUT2D eigenvalue weighted by atomic mass is 10.0. The van der Waals surface area contributed by atoms with E-state index in [9.17, 15) is 4.79 Å². The van der Waals surface area contributed by atoms with Crippen molar-refractivity contribution in [1.29, 1.82) is 0 Å². The molecular formula is C19H25N5O. The quantitative estimate of drug-likeness (QED) is 0.900. The summed E-state index contributed by atoms with van der Waals surface area (Å²) >= 11 is 0. The van der Waals surface area contributed by atoms with Crippen LogP contribution in [0.4, 0.5) is 17.2 Å². The van der Waals surface area contributed by atoms with Crippen molar-refractivity contribution >= 4 is 29.3 Å². The van der Waals surface area contributed by atoms with Crippen LogP contribution < -0.4 is 10.2 Å². The van der Waals surface area contributed by atoms with E-state index in [1.54, 1.807) is 19.0 Å². The first-order valence-electron chi connectivity index (χ1n) is 8.37. The summed E-state index contributed by atoms with van der Waals surface area (Å²) in [5, 5.41) is 3.49. The number of amides is 1. The molecule has 2 N–H and O–H groups in total. The molecule has 6 nitrogen and oxygen atoms in total. The van der Waals surface area contributed by atoms with Crippen molar-refractivity contribution < 1.29 is 4.79 Å². The number of aliphatic imine (C=N–C) groups is 1. The maximum Gasteiger partial charge on any atom is 0.255 e. The van der Waals surface area contributed by atoms with E-state index in [1.165, 1.54) is 0 Å². The Hall–Kier alpha value is -2.76. The molecule has 0 spiro atoms. The fourth-order valence-corrected chi connectivity index (χ4v) is 3.09. The summed E-state index contributed by atoms with van der Waals surface area (Å²) < 4.78 is 0. The Labute approximate surface area is 148 Å². The van der Waals surface area contributed by atoms with Gasteiger partial charge in [-0.15, -0.1) is 0 Å². The molecule has 1 aliphatic heterocycles. The molecule has 25 heavy (non-hydrogen) atoms. The van der Waals surface area contributed by atoms with E-state index in [4.69, 9.17) is 0 Å². The van der Waals surface area contributed by atoms with Crippen LogP contribution in [0.15, 0.2) is 41.5 Å². The Kier molecular flexibility index (Phi) is 4.29. The van der Waals surface area contributed by atoms with Gasteiger partial charge in [0.1, 0.15) is 6.17 Å². The highest BCUT2D eigenvalue weighted by Gasteiger charge is 2.33. The largest absolute Gasteiger partial charge is 0.360 e. The Morgan fingerprint density at radius 1 is 1.24 bits per heavy atom. The predicted molar refractivity (Wildman–Crippen MR) is 103 cm³/mol. The van der Waals surface area contributed by atoms with Crippen molar-refractivity contribution in [1.82, 2.24) is 9.88 Å².